The van der Waals surface area contributed by atoms with Crippen molar-refractivity contribution in [2.24, 2.45) is 0 Å². The van der Waals surface area contributed by atoms with Crippen molar-refractivity contribution >= 4 is 15.9 Å². The molecule has 0 aromatic heterocycles. The summed E-state index contributed by atoms with van der Waals surface area (Å²) in [5.74, 6) is -1.02. The third-order valence-corrected chi connectivity index (χ3v) is 3.95. The fourth-order valence-corrected chi connectivity index (χ4v) is 2.88. The monoisotopic (exact) mass is 300 g/mol. The predicted molar refractivity (Wildman–Crippen MR) is 64.2 cm³/mol. The molecule has 2 heterocycles. The molecule has 0 radical (unpaired) electrons. The van der Waals surface area contributed by atoms with Gasteiger partial charge in [0.05, 0.1) is 11.1 Å². The quantitative estimate of drug-likeness (QED) is 0.802. The molecule has 0 bridgehead atoms. The van der Waals surface area contributed by atoms with E-state index in [0.29, 0.717) is 17.4 Å². The lowest BCUT2D eigenvalue weighted by Crippen LogP contribution is -2.22. The summed E-state index contributed by atoms with van der Waals surface area (Å²) in [5, 5.41) is 3.10. The first-order chi connectivity index (χ1) is 8.16. The van der Waals surface area contributed by atoms with E-state index in [1.807, 2.05) is 6.20 Å². The maximum atomic E-state index is 13.9. The lowest BCUT2D eigenvalue weighted by molar-refractivity contribution is 0.394. The zero-order valence-corrected chi connectivity index (χ0v) is 10.6. The molecule has 1 aromatic rings. The molecule has 5 heteroatoms. The molecule has 2 aliphatic heterocycles. The fraction of sp³-hybridized carbons (Fsp3) is 0.333. The van der Waals surface area contributed by atoms with Gasteiger partial charge in [0.25, 0.3) is 0 Å². The summed E-state index contributed by atoms with van der Waals surface area (Å²) in [6.45, 7) is 1.41. The molecule has 90 valence electrons. The van der Waals surface area contributed by atoms with Crippen molar-refractivity contribution < 1.29 is 8.78 Å². The van der Waals surface area contributed by atoms with E-state index in [1.54, 1.807) is 0 Å². The summed E-state index contributed by atoms with van der Waals surface area (Å²) in [5.41, 5.74) is 1.34. The lowest BCUT2D eigenvalue weighted by Gasteiger charge is -2.15. The maximum Gasteiger partial charge on any atom is 0.143 e. The van der Waals surface area contributed by atoms with Crippen molar-refractivity contribution in [2.75, 3.05) is 13.2 Å². The van der Waals surface area contributed by atoms with Gasteiger partial charge in [-0.05, 0) is 34.5 Å². The molecule has 0 aliphatic carbocycles. The van der Waals surface area contributed by atoms with Gasteiger partial charge in [0.1, 0.15) is 11.6 Å². The van der Waals surface area contributed by atoms with E-state index < -0.39 is 11.6 Å². The van der Waals surface area contributed by atoms with Crippen LogP contribution < -0.4 is 5.32 Å². The Kier molecular flexibility index (Phi) is 2.58. The molecule has 1 N–H and O–H groups in total. The van der Waals surface area contributed by atoms with Crippen LogP contribution in [0.25, 0.3) is 0 Å². The van der Waals surface area contributed by atoms with E-state index in [4.69, 9.17) is 0 Å². The average molecular weight is 301 g/mol. The van der Waals surface area contributed by atoms with Crippen molar-refractivity contribution in [1.82, 2.24) is 10.2 Å². The largest absolute Gasteiger partial charge is 0.372 e. The Morgan fingerprint density at radius 1 is 1.35 bits per heavy atom. The second kappa shape index (κ2) is 3.98. The number of allylic oxidation sites excluding steroid dienone is 1. The Labute approximate surface area is 106 Å². The molecular formula is C12H11BrF2N2. The number of benzene rings is 1. The first kappa shape index (κ1) is 11.0. The highest BCUT2D eigenvalue weighted by Crippen LogP contribution is 2.38. The Hall–Kier alpha value is -1.10. The summed E-state index contributed by atoms with van der Waals surface area (Å²) < 4.78 is 28.0. The van der Waals surface area contributed by atoms with Crippen LogP contribution in [0.2, 0.25) is 0 Å². The van der Waals surface area contributed by atoms with Gasteiger partial charge in [-0.1, -0.05) is 0 Å². The van der Waals surface area contributed by atoms with Gasteiger partial charge in [-0.25, -0.2) is 8.78 Å². The number of hydrogen-bond donors (Lipinski definition) is 1. The third-order valence-electron chi connectivity index (χ3n) is 3.34. The highest BCUT2D eigenvalue weighted by Gasteiger charge is 2.33. The van der Waals surface area contributed by atoms with E-state index in [9.17, 15) is 8.78 Å². The van der Waals surface area contributed by atoms with Gasteiger partial charge in [-0.3, -0.25) is 0 Å². The van der Waals surface area contributed by atoms with E-state index >= 15 is 0 Å². The zero-order chi connectivity index (χ0) is 12.0. The van der Waals surface area contributed by atoms with E-state index in [0.717, 1.165) is 12.4 Å². The van der Waals surface area contributed by atoms with Crippen LogP contribution in [-0.2, 0) is 0 Å². The fourth-order valence-electron chi connectivity index (χ4n) is 2.53. The number of nitrogens with one attached hydrogen (secondary N) is 1. The molecule has 1 fully saturated rings. The van der Waals surface area contributed by atoms with Gasteiger partial charge in [0.2, 0.25) is 0 Å². The Morgan fingerprint density at radius 2 is 2.18 bits per heavy atom. The lowest BCUT2D eigenvalue weighted by atomic mass is 9.96. The molecule has 0 spiro atoms. The summed E-state index contributed by atoms with van der Waals surface area (Å²) in [7, 11) is 0. The van der Waals surface area contributed by atoms with Gasteiger partial charge in [0, 0.05) is 29.9 Å². The first-order valence-electron chi connectivity index (χ1n) is 5.47. The van der Waals surface area contributed by atoms with Gasteiger partial charge >= 0.3 is 0 Å². The van der Waals surface area contributed by atoms with Crippen molar-refractivity contribution in [3.63, 3.8) is 0 Å². The minimum Gasteiger partial charge on any atom is -0.372 e. The summed E-state index contributed by atoms with van der Waals surface area (Å²) in [4.78, 5) is 2.12. The Balaban J connectivity index is 1.98. The second-order valence-electron chi connectivity index (χ2n) is 4.38. The van der Waals surface area contributed by atoms with E-state index in [2.05, 4.69) is 26.1 Å². The molecular weight excluding hydrogens is 290 g/mol. The predicted octanol–water partition coefficient (Wildman–Crippen LogP) is 2.92. The highest BCUT2D eigenvalue weighted by molar-refractivity contribution is 9.10. The van der Waals surface area contributed by atoms with Crippen LogP contribution in [0.1, 0.15) is 17.9 Å². The Morgan fingerprint density at radius 3 is 2.94 bits per heavy atom. The minimum absolute atomic E-state index is 0.0964. The van der Waals surface area contributed by atoms with Crippen LogP contribution in [0, 0.1) is 11.6 Å². The van der Waals surface area contributed by atoms with Crippen molar-refractivity contribution in [3.8, 4) is 0 Å². The highest BCUT2D eigenvalue weighted by atomic mass is 79.9. The van der Waals surface area contributed by atoms with Gasteiger partial charge in [-0.2, -0.15) is 0 Å². The molecule has 17 heavy (non-hydrogen) atoms. The summed E-state index contributed by atoms with van der Waals surface area (Å²) >= 11 is 3.11. The maximum absolute atomic E-state index is 13.9. The van der Waals surface area contributed by atoms with Crippen LogP contribution in [0.15, 0.2) is 28.5 Å². The second-order valence-corrected chi connectivity index (χ2v) is 5.23. The molecule has 2 aliphatic rings. The van der Waals surface area contributed by atoms with E-state index in [1.165, 1.54) is 12.1 Å². The number of rotatable bonds is 1. The average Bonchev–Trinajstić information content (AvgIpc) is 2.84. The topological polar surface area (TPSA) is 15.3 Å². The van der Waals surface area contributed by atoms with Crippen molar-refractivity contribution in [2.45, 2.75) is 12.3 Å². The SMILES string of the molecule is Fc1ccc(Br)c(F)c1[C@H]1CC2=CNCN2C1. The molecule has 0 unspecified atom stereocenters. The third kappa shape index (κ3) is 1.73. The first-order valence-corrected chi connectivity index (χ1v) is 6.27. The molecule has 1 saturated heterocycles. The van der Waals surface area contributed by atoms with Gasteiger partial charge in [0.15, 0.2) is 0 Å². The number of halogens is 3. The van der Waals surface area contributed by atoms with Crippen LogP contribution in [0.3, 0.4) is 0 Å². The molecule has 1 aromatic carbocycles. The smallest absolute Gasteiger partial charge is 0.143 e. The summed E-state index contributed by atoms with van der Waals surface area (Å²) in [6.07, 6.45) is 2.62. The van der Waals surface area contributed by atoms with Crippen LogP contribution in [0.4, 0.5) is 8.78 Å². The van der Waals surface area contributed by atoms with Crippen LogP contribution >= 0.6 is 15.9 Å². The number of fused-ring (bicyclic) bond motifs is 1. The molecule has 0 amide bonds. The zero-order valence-electron chi connectivity index (χ0n) is 9.01. The van der Waals surface area contributed by atoms with Crippen molar-refractivity contribution in [3.05, 3.63) is 45.7 Å². The minimum atomic E-state index is -0.468. The molecule has 1 atom stereocenters. The standard InChI is InChI=1S/C12H11BrF2N2/c13-9-1-2-10(14)11(12(9)15)7-3-8-4-16-6-17(8)5-7/h1-2,4,7,16H,3,5-6H2/t7-/m0/s1. The van der Waals surface area contributed by atoms with Gasteiger partial charge < -0.3 is 10.2 Å². The van der Waals surface area contributed by atoms with Gasteiger partial charge in [-0.15, -0.1) is 0 Å². The van der Waals surface area contributed by atoms with E-state index in [-0.39, 0.29) is 11.5 Å². The Bertz CT molecular complexity index is 502. The normalized spacial score (nSPS) is 22.4. The molecule has 3 rings (SSSR count). The van der Waals surface area contributed by atoms with Crippen LogP contribution in [-0.4, -0.2) is 18.1 Å². The molecule has 2 nitrogen and oxygen atoms in total. The summed E-state index contributed by atoms with van der Waals surface area (Å²) in [6, 6.07) is 2.73. The molecule has 0 saturated carbocycles. The number of nitrogens with zero attached hydrogens (tertiary/aromatic N) is 1. The van der Waals surface area contributed by atoms with Crippen LogP contribution in [0.5, 0.6) is 0 Å². The number of hydrogen-bond acceptors (Lipinski definition) is 2. The van der Waals surface area contributed by atoms with Crippen molar-refractivity contribution in [1.29, 1.82) is 0 Å².